The summed E-state index contributed by atoms with van der Waals surface area (Å²) >= 11 is 5.36. The summed E-state index contributed by atoms with van der Waals surface area (Å²) in [6.07, 6.45) is 7.71. The van der Waals surface area contributed by atoms with E-state index in [-0.39, 0.29) is 0 Å². The first-order valence-corrected chi connectivity index (χ1v) is 5.98. The largest absolute Gasteiger partial charge is 0.165 e. The number of halogens is 1. The molecule has 0 amide bonds. The van der Waals surface area contributed by atoms with Crippen molar-refractivity contribution in [1.82, 2.24) is 0 Å². The lowest BCUT2D eigenvalue weighted by Crippen LogP contribution is -1.80. The van der Waals surface area contributed by atoms with Crippen LogP contribution in [0.4, 0.5) is 0 Å². The van der Waals surface area contributed by atoms with Crippen LogP contribution in [0.2, 0.25) is 0 Å². The molecule has 0 N–H and O–H groups in total. The van der Waals surface area contributed by atoms with E-state index in [1.165, 1.54) is 36.8 Å². The second kappa shape index (κ2) is 8.83. The van der Waals surface area contributed by atoms with Gasteiger partial charge < -0.3 is 0 Å². The average molecular weight is 211 g/mol. The minimum Gasteiger partial charge on any atom is -0.165 e. The van der Waals surface area contributed by atoms with Gasteiger partial charge in [0.05, 0.1) is 0 Å². The van der Waals surface area contributed by atoms with E-state index in [9.17, 15) is 0 Å². The molecule has 0 aliphatic heterocycles. The molecule has 0 saturated carbocycles. The van der Waals surface area contributed by atoms with Gasteiger partial charge in [-0.1, -0.05) is 28.8 Å². The van der Waals surface area contributed by atoms with Gasteiger partial charge in [0.25, 0.3) is 0 Å². The van der Waals surface area contributed by atoms with E-state index < -0.39 is 0 Å². The van der Waals surface area contributed by atoms with Crippen molar-refractivity contribution in [2.75, 3.05) is 17.3 Å². The van der Waals surface area contributed by atoms with Gasteiger partial charge in [0.1, 0.15) is 0 Å². The van der Waals surface area contributed by atoms with Crippen LogP contribution in [0.25, 0.3) is 0 Å². The third-order valence-corrected chi connectivity index (χ3v) is 2.49. The van der Waals surface area contributed by atoms with Crippen molar-refractivity contribution in [2.24, 2.45) is 0 Å². The number of rotatable bonds is 6. The molecule has 0 rings (SSSR count). The van der Waals surface area contributed by atoms with Gasteiger partial charge in [-0.15, -0.1) is 0 Å². The normalized spacial score (nSPS) is 10.0. The van der Waals surface area contributed by atoms with Crippen LogP contribution in [0.1, 0.15) is 25.7 Å². The molecule has 0 aromatic rings. The third-order valence-electron chi connectivity index (χ3n) is 1.23. The molecule has 2 heteroatoms. The number of hydrogen-bond acceptors (Lipinski definition) is 1. The van der Waals surface area contributed by atoms with Gasteiger partial charge in [-0.05, 0) is 24.9 Å². The lowest BCUT2D eigenvalue weighted by atomic mass is 10.2. The van der Waals surface area contributed by atoms with Crippen LogP contribution in [0.5, 0.6) is 0 Å². The fraction of sp³-hybridized carbons (Fsp3) is 1.00. The van der Waals surface area contributed by atoms with Gasteiger partial charge in [-0.3, -0.25) is 0 Å². The van der Waals surface area contributed by atoms with E-state index in [2.05, 4.69) is 22.2 Å². The molecule has 0 unspecified atom stereocenters. The Morgan fingerprint density at radius 2 is 1.78 bits per heavy atom. The zero-order chi connectivity index (χ0) is 6.95. The maximum Gasteiger partial charge on any atom is 0.00313 e. The summed E-state index contributed by atoms with van der Waals surface area (Å²) in [5.74, 6) is 1.34. The molecule has 9 heavy (non-hydrogen) atoms. The van der Waals surface area contributed by atoms with Crippen LogP contribution >= 0.6 is 27.7 Å². The molecule has 0 aromatic heterocycles. The number of alkyl halides is 1. The summed E-state index contributed by atoms with van der Waals surface area (Å²) < 4.78 is 0. The van der Waals surface area contributed by atoms with Crippen LogP contribution in [0.15, 0.2) is 0 Å². The molecule has 0 aliphatic carbocycles. The fourth-order valence-electron chi connectivity index (χ4n) is 0.694. The molecule has 0 heterocycles. The van der Waals surface area contributed by atoms with E-state index in [1.807, 2.05) is 11.8 Å². The van der Waals surface area contributed by atoms with Crippen LogP contribution in [-0.4, -0.2) is 17.3 Å². The lowest BCUT2D eigenvalue weighted by Gasteiger charge is -1.95. The van der Waals surface area contributed by atoms with E-state index in [1.54, 1.807) is 0 Å². The zero-order valence-corrected chi connectivity index (χ0v) is 8.43. The highest BCUT2D eigenvalue weighted by Crippen LogP contribution is 2.05. The molecule has 0 aliphatic rings. The Bertz CT molecular complexity index is 42.2. The second-order valence-electron chi connectivity index (χ2n) is 2.10. The van der Waals surface area contributed by atoms with Crippen LogP contribution < -0.4 is 0 Å². The molecule has 0 saturated heterocycles. The number of hydrogen-bond donors (Lipinski definition) is 0. The summed E-state index contributed by atoms with van der Waals surface area (Å²) in [4.78, 5) is 0. The average Bonchev–Trinajstić information content (AvgIpc) is 1.89. The molecule has 0 nitrogen and oxygen atoms in total. The molecule has 0 radical (unpaired) electrons. The minimum absolute atomic E-state index is 1.17. The molecule has 0 atom stereocenters. The molecule has 0 spiro atoms. The molecule has 0 fully saturated rings. The summed E-state index contributed by atoms with van der Waals surface area (Å²) in [5, 5.41) is 1.17. The number of unbranched alkanes of at least 4 members (excludes halogenated alkanes) is 3. The summed E-state index contributed by atoms with van der Waals surface area (Å²) in [5.41, 5.74) is 0. The second-order valence-corrected chi connectivity index (χ2v) is 3.87. The van der Waals surface area contributed by atoms with Crippen LogP contribution in [0, 0.1) is 0 Å². The Hall–Kier alpha value is 0.830. The Labute approximate surface area is 70.9 Å². The molecular weight excluding hydrogens is 196 g/mol. The van der Waals surface area contributed by atoms with E-state index in [0.717, 1.165) is 0 Å². The molecule has 0 aromatic carbocycles. The predicted octanol–water partition coefficient (Wildman–Crippen LogP) is 3.30. The highest BCUT2D eigenvalue weighted by molar-refractivity contribution is 9.09. The van der Waals surface area contributed by atoms with Gasteiger partial charge >= 0.3 is 0 Å². The van der Waals surface area contributed by atoms with E-state index in [4.69, 9.17) is 0 Å². The van der Waals surface area contributed by atoms with Crippen molar-refractivity contribution < 1.29 is 0 Å². The van der Waals surface area contributed by atoms with Crippen molar-refractivity contribution in [3.8, 4) is 0 Å². The maximum atomic E-state index is 3.41. The van der Waals surface area contributed by atoms with Crippen LogP contribution in [0.3, 0.4) is 0 Å². The third kappa shape index (κ3) is 8.83. The van der Waals surface area contributed by atoms with Gasteiger partial charge in [0.2, 0.25) is 0 Å². The Morgan fingerprint density at radius 3 is 2.33 bits per heavy atom. The van der Waals surface area contributed by atoms with Crippen molar-refractivity contribution in [2.45, 2.75) is 25.7 Å². The van der Waals surface area contributed by atoms with Gasteiger partial charge in [-0.25, -0.2) is 0 Å². The maximum absolute atomic E-state index is 3.41. The van der Waals surface area contributed by atoms with Crippen LogP contribution in [-0.2, 0) is 0 Å². The summed E-state index contributed by atoms with van der Waals surface area (Å²) in [7, 11) is 0. The quantitative estimate of drug-likeness (QED) is 0.479. The van der Waals surface area contributed by atoms with Gasteiger partial charge in [0, 0.05) is 5.33 Å². The Morgan fingerprint density at radius 1 is 1.11 bits per heavy atom. The van der Waals surface area contributed by atoms with Gasteiger partial charge in [-0.2, -0.15) is 11.8 Å². The van der Waals surface area contributed by atoms with Crippen molar-refractivity contribution in [3.05, 3.63) is 0 Å². The molecular formula is C7H15BrS. The molecule has 56 valence electrons. The predicted molar refractivity (Wildman–Crippen MR) is 50.6 cm³/mol. The van der Waals surface area contributed by atoms with E-state index >= 15 is 0 Å². The van der Waals surface area contributed by atoms with Crippen molar-refractivity contribution in [3.63, 3.8) is 0 Å². The Balaban J connectivity index is 2.60. The van der Waals surface area contributed by atoms with Crippen molar-refractivity contribution in [1.29, 1.82) is 0 Å². The highest BCUT2D eigenvalue weighted by Gasteiger charge is 1.86. The first-order chi connectivity index (χ1) is 4.41. The topological polar surface area (TPSA) is 0 Å². The molecule has 0 bridgehead atoms. The first-order valence-electron chi connectivity index (χ1n) is 3.46. The van der Waals surface area contributed by atoms with E-state index in [0.29, 0.717) is 0 Å². The minimum atomic E-state index is 1.17. The lowest BCUT2D eigenvalue weighted by molar-refractivity contribution is 0.713. The monoisotopic (exact) mass is 210 g/mol. The highest BCUT2D eigenvalue weighted by atomic mass is 79.9. The standard InChI is InChI=1S/C7H15BrS/c1-9-7-5-3-2-4-6-8/h2-7H2,1H3. The van der Waals surface area contributed by atoms with Crippen molar-refractivity contribution >= 4 is 27.7 Å². The Kier molecular flexibility index (Phi) is 9.64. The summed E-state index contributed by atoms with van der Waals surface area (Å²) in [6, 6.07) is 0. The SMILES string of the molecule is CSCCCCCCBr. The number of thioether (sulfide) groups is 1. The smallest absolute Gasteiger partial charge is 0.00313 e. The zero-order valence-electron chi connectivity index (χ0n) is 6.03. The summed E-state index contributed by atoms with van der Waals surface area (Å²) in [6.45, 7) is 0. The van der Waals surface area contributed by atoms with Gasteiger partial charge in [0.15, 0.2) is 0 Å². The fourth-order valence-corrected chi connectivity index (χ4v) is 1.58. The first kappa shape index (κ1) is 9.83.